The lowest BCUT2D eigenvalue weighted by molar-refractivity contribution is -0.128. The molecule has 0 saturated carbocycles. The topological polar surface area (TPSA) is 38.3 Å². The van der Waals surface area contributed by atoms with E-state index in [-0.39, 0.29) is 11.7 Å². The summed E-state index contributed by atoms with van der Waals surface area (Å²) in [6, 6.07) is 14.3. The predicted octanol–water partition coefficient (Wildman–Crippen LogP) is 4.29. The number of ether oxygens (including phenoxy) is 1. The Morgan fingerprint density at radius 2 is 1.68 bits per heavy atom. The van der Waals surface area contributed by atoms with Crippen LogP contribution in [0.2, 0.25) is 0 Å². The fourth-order valence-corrected chi connectivity index (χ4v) is 2.56. The second-order valence-corrected chi connectivity index (χ2v) is 6.03. The molecule has 134 valence electrons. The molecule has 0 fully saturated rings. The number of rotatable bonds is 9. The minimum atomic E-state index is -0.488. The highest BCUT2D eigenvalue weighted by atomic mass is 19.1. The van der Waals surface area contributed by atoms with Gasteiger partial charge < -0.3 is 10.1 Å². The second-order valence-electron chi connectivity index (χ2n) is 6.03. The first-order valence-corrected chi connectivity index (χ1v) is 8.90. The average Bonchev–Trinajstić information content (AvgIpc) is 2.65. The Hall–Kier alpha value is -2.36. The van der Waals surface area contributed by atoms with Crippen LogP contribution in [-0.4, -0.2) is 18.6 Å². The third-order valence-electron chi connectivity index (χ3n) is 4.13. The quantitative estimate of drug-likeness (QED) is 0.690. The van der Waals surface area contributed by atoms with E-state index in [1.807, 2.05) is 31.2 Å². The van der Waals surface area contributed by atoms with Gasteiger partial charge in [0.15, 0.2) is 6.10 Å². The molecule has 2 rings (SSSR count). The van der Waals surface area contributed by atoms with Crippen LogP contribution in [0, 0.1) is 5.82 Å². The summed E-state index contributed by atoms with van der Waals surface area (Å²) in [6.45, 7) is 4.61. The standard InChI is InChI=1S/C21H26FNO2/c1-3-16-9-13-19(14-10-16)25-20(4-2)21(24)23-15-5-6-17-7-11-18(22)12-8-17/h7-14,20H,3-6,15H2,1-2H3,(H,23,24)/t20-/m0/s1. The smallest absolute Gasteiger partial charge is 0.261 e. The zero-order valence-electron chi connectivity index (χ0n) is 14.9. The highest BCUT2D eigenvalue weighted by Crippen LogP contribution is 2.15. The van der Waals surface area contributed by atoms with Crippen molar-refractivity contribution in [2.75, 3.05) is 6.54 Å². The summed E-state index contributed by atoms with van der Waals surface area (Å²) in [7, 11) is 0. The van der Waals surface area contributed by atoms with E-state index in [0.29, 0.717) is 18.7 Å². The Kier molecular flexibility index (Phi) is 7.45. The molecule has 0 aliphatic carbocycles. The molecule has 25 heavy (non-hydrogen) atoms. The molecule has 3 nitrogen and oxygen atoms in total. The summed E-state index contributed by atoms with van der Waals surface area (Å²) in [5.74, 6) is 0.388. The Balaban J connectivity index is 1.75. The first-order valence-electron chi connectivity index (χ1n) is 8.90. The van der Waals surface area contributed by atoms with Gasteiger partial charge in [0, 0.05) is 6.54 Å². The van der Waals surface area contributed by atoms with Crippen molar-refractivity contribution in [1.82, 2.24) is 5.32 Å². The van der Waals surface area contributed by atoms with Gasteiger partial charge in [-0.2, -0.15) is 0 Å². The highest BCUT2D eigenvalue weighted by Gasteiger charge is 2.17. The maximum atomic E-state index is 12.9. The number of carbonyl (C=O) groups is 1. The summed E-state index contributed by atoms with van der Waals surface area (Å²) in [5.41, 5.74) is 2.31. The Morgan fingerprint density at radius 1 is 1.04 bits per heavy atom. The molecule has 0 saturated heterocycles. The van der Waals surface area contributed by atoms with Gasteiger partial charge in [-0.1, -0.05) is 38.1 Å². The first-order chi connectivity index (χ1) is 12.1. The van der Waals surface area contributed by atoms with Crippen LogP contribution in [0.4, 0.5) is 4.39 Å². The van der Waals surface area contributed by atoms with Crippen LogP contribution in [0.25, 0.3) is 0 Å². The van der Waals surface area contributed by atoms with E-state index in [4.69, 9.17) is 4.74 Å². The summed E-state index contributed by atoms with van der Waals surface area (Å²) in [6.07, 6.45) is 2.71. The maximum absolute atomic E-state index is 12.9. The van der Waals surface area contributed by atoms with E-state index in [1.54, 1.807) is 12.1 Å². The highest BCUT2D eigenvalue weighted by molar-refractivity contribution is 5.81. The lowest BCUT2D eigenvalue weighted by atomic mass is 10.1. The number of carbonyl (C=O) groups excluding carboxylic acids is 1. The molecule has 0 aromatic heterocycles. The van der Waals surface area contributed by atoms with Crippen molar-refractivity contribution >= 4 is 5.91 Å². The molecule has 1 amide bonds. The van der Waals surface area contributed by atoms with Crippen molar-refractivity contribution in [3.8, 4) is 5.75 Å². The molecule has 0 aliphatic rings. The van der Waals surface area contributed by atoms with Crippen LogP contribution >= 0.6 is 0 Å². The van der Waals surface area contributed by atoms with E-state index in [2.05, 4.69) is 12.2 Å². The second kappa shape index (κ2) is 9.82. The molecule has 0 bridgehead atoms. The number of benzene rings is 2. The Labute approximate surface area is 149 Å². The van der Waals surface area contributed by atoms with Crippen molar-refractivity contribution in [2.24, 2.45) is 0 Å². The van der Waals surface area contributed by atoms with E-state index in [1.165, 1.54) is 17.7 Å². The molecule has 4 heteroatoms. The van der Waals surface area contributed by atoms with E-state index in [0.717, 1.165) is 24.8 Å². The molecular formula is C21H26FNO2. The first kappa shape index (κ1) is 19.0. The van der Waals surface area contributed by atoms with Crippen LogP contribution in [-0.2, 0) is 17.6 Å². The summed E-state index contributed by atoms with van der Waals surface area (Å²) in [5, 5.41) is 2.92. The molecule has 1 N–H and O–H groups in total. The Morgan fingerprint density at radius 3 is 2.28 bits per heavy atom. The molecule has 0 aliphatic heterocycles. The van der Waals surface area contributed by atoms with Crippen LogP contribution in [0.15, 0.2) is 48.5 Å². The van der Waals surface area contributed by atoms with Crippen molar-refractivity contribution in [3.05, 3.63) is 65.5 Å². The number of halogens is 1. The van der Waals surface area contributed by atoms with Crippen molar-refractivity contribution in [3.63, 3.8) is 0 Å². The number of amides is 1. The fraction of sp³-hybridized carbons (Fsp3) is 0.381. The number of nitrogens with one attached hydrogen (secondary N) is 1. The zero-order valence-corrected chi connectivity index (χ0v) is 14.9. The average molecular weight is 343 g/mol. The number of hydrogen-bond donors (Lipinski definition) is 1. The third kappa shape index (κ3) is 6.22. The fourth-order valence-electron chi connectivity index (χ4n) is 2.56. The van der Waals surface area contributed by atoms with Gasteiger partial charge in [-0.05, 0) is 61.1 Å². The largest absolute Gasteiger partial charge is 0.481 e. The molecular weight excluding hydrogens is 317 g/mol. The number of hydrogen-bond acceptors (Lipinski definition) is 2. The zero-order chi connectivity index (χ0) is 18.1. The minimum absolute atomic E-state index is 0.0961. The van der Waals surface area contributed by atoms with E-state index in [9.17, 15) is 9.18 Å². The van der Waals surface area contributed by atoms with Gasteiger partial charge in [-0.3, -0.25) is 4.79 Å². The van der Waals surface area contributed by atoms with Crippen molar-refractivity contribution in [2.45, 2.75) is 45.6 Å². The molecule has 2 aromatic rings. The number of aryl methyl sites for hydroxylation is 2. The van der Waals surface area contributed by atoms with Gasteiger partial charge >= 0.3 is 0 Å². The SMILES string of the molecule is CCc1ccc(O[C@@H](CC)C(=O)NCCCc2ccc(F)cc2)cc1. The van der Waals surface area contributed by atoms with Crippen LogP contribution in [0.3, 0.4) is 0 Å². The third-order valence-corrected chi connectivity index (χ3v) is 4.13. The predicted molar refractivity (Wildman–Crippen MR) is 98.3 cm³/mol. The summed E-state index contributed by atoms with van der Waals surface area (Å²) >= 11 is 0. The molecule has 0 heterocycles. The lowest BCUT2D eigenvalue weighted by Gasteiger charge is -2.17. The van der Waals surface area contributed by atoms with E-state index >= 15 is 0 Å². The molecule has 0 unspecified atom stereocenters. The molecule has 0 radical (unpaired) electrons. The Bertz CT molecular complexity index is 653. The monoisotopic (exact) mass is 343 g/mol. The molecule has 0 spiro atoms. The van der Waals surface area contributed by atoms with Gasteiger partial charge in [-0.25, -0.2) is 4.39 Å². The normalized spacial score (nSPS) is 11.8. The van der Waals surface area contributed by atoms with Gasteiger partial charge in [0.05, 0.1) is 0 Å². The van der Waals surface area contributed by atoms with Crippen molar-refractivity contribution in [1.29, 1.82) is 0 Å². The summed E-state index contributed by atoms with van der Waals surface area (Å²) < 4.78 is 18.7. The molecule has 1 atom stereocenters. The van der Waals surface area contributed by atoms with E-state index < -0.39 is 6.10 Å². The van der Waals surface area contributed by atoms with Crippen LogP contribution in [0.1, 0.15) is 37.8 Å². The summed E-state index contributed by atoms with van der Waals surface area (Å²) in [4.78, 5) is 12.3. The van der Waals surface area contributed by atoms with Crippen LogP contribution < -0.4 is 10.1 Å². The van der Waals surface area contributed by atoms with Crippen molar-refractivity contribution < 1.29 is 13.9 Å². The van der Waals surface area contributed by atoms with Gasteiger partial charge in [0.2, 0.25) is 0 Å². The van der Waals surface area contributed by atoms with Gasteiger partial charge in [-0.15, -0.1) is 0 Å². The minimum Gasteiger partial charge on any atom is -0.481 e. The van der Waals surface area contributed by atoms with Gasteiger partial charge in [0.1, 0.15) is 11.6 Å². The lowest BCUT2D eigenvalue weighted by Crippen LogP contribution is -2.38. The maximum Gasteiger partial charge on any atom is 0.261 e. The molecule has 2 aromatic carbocycles. The van der Waals surface area contributed by atoms with Gasteiger partial charge in [0.25, 0.3) is 5.91 Å². The van der Waals surface area contributed by atoms with Crippen LogP contribution in [0.5, 0.6) is 5.75 Å².